The second-order valence-electron chi connectivity index (χ2n) is 6.78. The van der Waals surface area contributed by atoms with Gasteiger partial charge in [0.25, 0.3) is 0 Å². The van der Waals surface area contributed by atoms with Crippen LogP contribution in [0.1, 0.15) is 30.0 Å². The SMILES string of the molecule is Cc1ccc(C)c(OCC(O)CN2CCC(n3ccnc3)CC2)c1. The van der Waals surface area contributed by atoms with Crippen molar-refractivity contribution in [2.75, 3.05) is 26.2 Å². The first-order valence-corrected chi connectivity index (χ1v) is 8.70. The zero-order valence-corrected chi connectivity index (χ0v) is 14.6. The third kappa shape index (κ3) is 4.36. The lowest BCUT2D eigenvalue weighted by molar-refractivity contribution is 0.0556. The van der Waals surface area contributed by atoms with Crippen LogP contribution in [0, 0.1) is 13.8 Å². The van der Waals surface area contributed by atoms with Gasteiger partial charge in [0, 0.05) is 38.1 Å². The molecule has 0 radical (unpaired) electrons. The Bertz CT molecular complexity index is 634. The topological polar surface area (TPSA) is 50.5 Å². The van der Waals surface area contributed by atoms with Crippen molar-refractivity contribution in [2.45, 2.75) is 38.8 Å². The van der Waals surface area contributed by atoms with Gasteiger partial charge in [-0.2, -0.15) is 0 Å². The molecule has 0 bridgehead atoms. The Labute approximate surface area is 143 Å². The van der Waals surface area contributed by atoms with Gasteiger partial charge in [-0.25, -0.2) is 4.98 Å². The summed E-state index contributed by atoms with van der Waals surface area (Å²) in [7, 11) is 0. The Kier molecular flexibility index (Phi) is 5.53. The summed E-state index contributed by atoms with van der Waals surface area (Å²) in [4.78, 5) is 6.45. The summed E-state index contributed by atoms with van der Waals surface area (Å²) in [6, 6.07) is 6.69. The van der Waals surface area contributed by atoms with Crippen molar-refractivity contribution in [3.63, 3.8) is 0 Å². The standard InChI is InChI=1S/C19H27N3O2/c1-15-3-4-16(2)19(11-15)24-13-18(23)12-21-8-5-17(6-9-21)22-10-7-20-14-22/h3-4,7,10-11,14,17-18,23H,5-6,8-9,12-13H2,1-2H3. The number of aryl methyl sites for hydroxylation is 2. The highest BCUT2D eigenvalue weighted by molar-refractivity contribution is 5.35. The van der Waals surface area contributed by atoms with Crippen LogP contribution < -0.4 is 4.74 Å². The average Bonchev–Trinajstić information content (AvgIpc) is 3.11. The van der Waals surface area contributed by atoms with E-state index in [2.05, 4.69) is 26.6 Å². The monoisotopic (exact) mass is 329 g/mol. The van der Waals surface area contributed by atoms with Gasteiger partial charge in [-0.05, 0) is 43.9 Å². The number of hydrogen-bond acceptors (Lipinski definition) is 4. The average molecular weight is 329 g/mol. The van der Waals surface area contributed by atoms with Crippen molar-refractivity contribution in [3.8, 4) is 5.75 Å². The number of aromatic nitrogens is 2. The smallest absolute Gasteiger partial charge is 0.122 e. The largest absolute Gasteiger partial charge is 0.491 e. The van der Waals surface area contributed by atoms with E-state index in [1.807, 2.05) is 38.6 Å². The minimum atomic E-state index is -0.463. The Hall–Kier alpha value is -1.85. The highest BCUT2D eigenvalue weighted by Crippen LogP contribution is 2.22. The van der Waals surface area contributed by atoms with Crippen LogP contribution in [0.2, 0.25) is 0 Å². The quantitative estimate of drug-likeness (QED) is 0.885. The van der Waals surface area contributed by atoms with Crippen LogP contribution >= 0.6 is 0 Å². The number of hydrogen-bond donors (Lipinski definition) is 1. The van der Waals surface area contributed by atoms with Crippen LogP contribution in [-0.2, 0) is 0 Å². The van der Waals surface area contributed by atoms with Gasteiger partial charge in [-0.1, -0.05) is 12.1 Å². The molecule has 1 N–H and O–H groups in total. The molecule has 3 rings (SSSR count). The molecule has 1 unspecified atom stereocenters. The molecule has 1 aromatic carbocycles. The predicted molar refractivity (Wildman–Crippen MR) is 94.4 cm³/mol. The number of likely N-dealkylation sites (tertiary alicyclic amines) is 1. The molecule has 1 fully saturated rings. The molecule has 1 atom stereocenters. The summed E-state index contributed by atoms with van der Waals surface area (Å²) in [5.74, 6) is 0.868. The lowest BCUT2D eigenvalue weighted by Gasteiger charge is -2.33. The molecule has 0 amide bonds. The number of nitrogens with zero attached hydrogens (tertiary/aromatic N) is 3. The fraction of sp³-hybridized carbons (Fsp3) is 0.526. The predicted octanol–water partition coefficient (Wildman–Crippen LogP) is 2.58. The summed E-state index contributed by atoms with van der Waals surface area (Å²) in [5, 5.41) is 10.3. The van der Waals surface area contributed by atoms with Crippen LogP contribution in [0.15, 0.2) is 36.9 Å². The van der Waals surface area contributed by atoms with E-state index in [4.69, 9.17) is 4.74 Å². The highest BCUT2D eigenvalue weighted by atomic mass is 16.5. The molecular weight excluding hydrogens is 302 g/mol. The van der Waals surface area contributed by atoms with Crippen molar-refractivity contribution >= 4 is 0 Å². The maximum Gasteiger partial charge on any atom is 0.122 e. The first kappa shape index (κ1) is 17.0. The van der Waals surface area contributed by atoms with E-state index in [0.29, 0.717) is 19.2 Å². The van der Waals surface area contributed by atoms with Gasteiger partial charge >= 0.3 is 0 Å². The Balaban J connectivity index is 1.43. The van der Waals surface area contributed by atoms with Gasteiger partial charge in [0.05, 0.1) is 6.33 Å². The number of ether oxygens (including phenoxy) is 1. The van der Waals surface area contributed by atoms with E-state index in [0.717, 1.165) is 37.2 Å². The van der Waals surface area contributed by atoms with Crippen molar-refractivity contribution in [2.24, 2.45) is 0 Å². The third-order valence-electron chi connectivity index (χ3n) is 4.75. The van der Waals surface area contributed by atoms with Crippen molar-refractivity contribution in [3.05, 3.63) is 48.0 Å². The zero-order chi connectivity index (χ0) is 16.9. The minimum Gasteiger partial charge on any atom is -0.491 e. The molecule has 2 heterocycles. The Morgan fingerprint density at radius 3 is 2.79 bits per heavy atom. The van der Waals surface area contributed by atoms with Crippen molar-refractivity contribution < 1.29 is 9.84 Å². The summed E-state index contributed by atoms with van der Waals surface area (Å²) < 4.78 is 8.00. The molecule has 0 aliphatic carbocycles. The molecule has 0 saturated carbocycles. The maximum absolute atomic E-state index is 10.3. The van der Waals surface area contributed by atoms with E-state index < -0.39 is 6.10 Å². The van der Waals surface area contributed by atoms with Crippen LogP contribution in [0.3, 0.4) is 0 Å². The van der Waals surface area contributed by atoms with E-state index in [1.165, 1.54) is 5.56 Å². The summed E-state index contributed by atoms with van der Waals surface area (Å²) in [6.45, 7) is 7.09. The fourth-order valence-corrected chi connectivity index (χ4v) is 3.29. The van der Waals surface area contributed by atoms with Crippen LogP contribution in [0.5, 0.6) is 5.75 Å². The second-order valence-corrected chi connectivity index (χ2v) is 6.78. The molecule has 1 aromatic heterocycles. The van der Waals surface area contributed by atoms with Crippen molar-refractivity contribution in [1.29, 1.82) is 0 Å². The molecule has 2 aromatic rings. The molecule has 24 heavy (non-hydrogen) atoms. The number of rotatable bonds is 6. The van der Waals surface area contributed by atoms with Gasteiger partial charge in [-0.15, -0.1) is 0 Å². The second kappa shape index (κ2) is 7.81. The van der Waals surface area contributed by atoms with E-state index in [9.17, 15) is 5.11 Å². The van der Waals surface area contributed by atoms with Gasteiger partial charge in [0.1, 0.15) is 18.5 Å². The first-order chi connectivity index (χ1) is 11.6. The molecule has 1 aliphatic rings. The number of aliphatic hydroxyl groups excluding tert-OH is 1. The number of β-amino-alcohol motifs (C(OH)–C–C–N with tert-alkyl or cyclic N) is 1. The number of piperidine rings is 1. The fourth-order valence-electron chi connectivity index (χ4n) is 3.29. The van der Waals surface area contributed by atoms with E-state index in [1.54, 1.807) is 0 Å². The maximum atomic E-state index is 10.3. The van der Waals surface area contributed by atoms with Crippen LogP contribution in [0.4, 0.5) is 0 Å². The summed E-state index contributed by atoms with van der Waals surface area (Å²) >= 11 is 0. The molecule has 1 saturated heterocycles. The molecular formula is C19H27N3O2. The van der Waals surface area contributed by atoms with E-state index in [-0.39, 0.29) is 0 Å². The van der Waals surface area contributed by atoms with Crippen LogP contribution in [-0.4, -0.2) is 51.9 Å². The number of imidazole rings is 1. The summed E-state index contributed by atoms with van der Waals surface area (Å²) in [5.41, 5.74) is 2.28. The molecule has 5 heteroatoms. The zero-order valence-electron chi connectivity index (χ0n) is 14.6. The van der Waals surface area contributed by atoms with Gasteiger partial charge in [-0.3, -0.25) is 0 Å². The molecule has 0 spiro atoms. The normalized spacial score (nSPS) is 17.8. The first-order valence-electron chi connectivity index (χ1n) is 8.70. The Morgan fingerprint density at radius 2 is 2.08 bits per heavy atom. The van der Waals surface area contributed by atoms with Gasteiger partial charge < -0.3 is 19.3 Å². The molecule has 130 valence electrons. The molecule has 1 aliphatic heterocycles. The number of aliphatic hydroxyl groups is 1. The third-order valence-corrected chi connectivity index (χ3v) is 4.75. The lowest BCUT2D eigenvalue weighted by atomic mass is 10.0. The van der Waals surface area contributed by atoms with Crippen molar-refractivity contribution in [1.82, 2.24) is 14.5 Å². The van der Waals surface area contributed by atoms with Gasteiger partial charge in [0.15, 0.2) is 0 Å². The van der Waals surface area contributed by atoms with Crippen LogP contribution in [0.25, 0.3) is 0 Å². The number of benzene rings is 1. The van der Waals surface area contributed by atoms with E-state index >= 15 is 0 Å². The molecule has 5 nitrogen and oxygen atoms in total. The minimum absolute atomic E-state index is 0.339. The Morgan fingerprint density at radius 1 is 1.29 bits per heavy atom. The van der Waals surface area contributed by atoms with Gasteiger partial charge in [0.2, 0.25) is 0 Å². The highest BCUT2D eigenvalue weighted by Gasteiger charge is 2.22. The summed E-state index contributed by atoms with van der Waals surface area (Å²) in [6.07, 6.45) is 7.50. The lowest BCUT2D eigenvalue weighted by Crippen LogP contribution is -2.41.